The van der Waals surface area contributed by atoms with Crippen LogP contribution in [0.3, 0.4) is 0 Å². The lowest BCUT2D eigenvalue weighted by Gasteiger charge is -2.06. The summed E-state index contributed by atoms with van der Waals surface area (Å²) in [5.74, 6) is 0.325. The number of hydrogen-bond acceptors (Lipinski definition) is 1. The summed E-state index contributed by atoms with van der Waals surface area (Å²) in [6.07, 6.45) is 0. The normalized spacial score (nSPS) is 10.2. The summed E-state index contributed by atoms with van der Waals surface area (Å²) in [6.45, 7) is 3.80. The number of phenolic OH excluding ortho intramolecular Hbond substituents is 1. The second-order valence-electron chi connectivity index (χ2n) is 2.46. The first-order valence-electron chi connectivity index (χ1n) is 3.18. The van der Waals surface area contributed by atoms with Crippen LogP contribution in [-0.2, 0) is 0 Å². The van der Waals surface area contributed by atoms with E-state index in [1.807, 2.05) is 19.9 Å². The highest BCUT2D eigenvalue weighted by atomic mass is 79.9. The van der Waals surface area contributed by atoms with E-state index in [2.05, 4.69) is 31.9 Å². The maximum atomic E-state index is 9.44. The van der Waals surface area contributed by atoms with Gasteiger partial charge >= 0.3 is 0 Å². The summed E-state index contributed by atoms with van der Waals surface area (Å²) in [7, 11) is 0. The fourth-order valence-corrected chi connectivity index (χ4v) is 2.16. The molecular formula is C8H8Br2O. The Hall–Kier alpha value is -0.0200. The smallest absolute Gasteiger partial charge is 0.133 e. The zero-order valence-corrected chi connectivity index (χ0v) is 9.45. The van der Waals surface area contributed by atoms with Crippen LogP contribution < -0.4 is 0 Å². The molecule has 1 N–H and O–H groups in total. The maximum Gasteiger partial charge on any atom is 0.133 e. The lowest BCUT2D eigenvalue weighted by Crippen LogP contribution is -1.83. The SMILES string of the molecule is Cc1cc(Br)c(C)c(Br)c1O. The predicted molar refractivity (Wildman–Crippen MR) is 53.0 cm³/mol. The topological polar surface area (TPSA) is 20.2 Å². The molecular weight excluding hydrogens is 272 g/mol. The molecule has 1 nitrogen and oxygen atoms in total. The van der Waals surface area contributed by atoms with Crippen molar-refractivity contribution in [2.24, 2.45) is 0 Å². The van der Waals surface area contributed by atoms with E-state index in [1.54, 1.807) is 0 Å². The van der Waals surface area contributed by atoms with Crippen molar-refractivity contribution in [3.05, 3.63) is 26.1 Å². The molecule has 0 aromatic heterocycles. The zero-order valence-electron chi connectivity index (χ0n) is 6.28. The van der Waals surface area contributed by atoms with E-state index < -0.39 is 0 Å². The summed E-state index contributed by atoms with van der Waals surface area (Å²) < 4.78 is 1.78. The Kier molecular flexibility index (Phi) is 2.60. The van der Waals surface area contributed by atoms with Gasteiger partial charge < -0.3 is 5.11 Å². The lowest BCUT2D eigenvalue weighted by molar-refractivity contribution is 0.467. The van der Waals surface area contributed by atoms with Crippen molar-refractivity contribution in [3.8, 4) is 5.75 Å². The second kappa shape index (κ2) is 3.15. The largest absolute Gasteiger partial charge is 0.506 e. The molecule has 1 aromatic carbocycles. The first-order chi connectivity index (χ1) is 5.04. The van der Waals surface area contributed by atoms with Crippen LogP contribution in [0.1, 0.15) is 11.1 Å². The molecule has 0 heterocycles. The Morgan fingerprint density at radius 1 is 1.27 bits per heavy atom. The average Bonchev–Trinajstić information content (AvgIpc) is 1.97. The molecule has 0 aliphatic heterocycles. The van der Waals surface area contributed by atoms with Gasteiger partial charge in [-0.2, -0.15) is 0 Å². The van der Waals surface area contributed by atoms with Crippen LogP contribution >= 0.6 is 31.9 Å². The molecule has 0 fully saturated rings. The highest BCUT2D eigenvalue weighted by Gasteiger charge is 2.07. The summed E-state index contributed by atoms with van der Waals surface area (Å²) in [5, 5.41) is 9.44. The van der Waals surface area contributed by atoms with Crippen molar-refractivity contribution in [1.82, 2.24) is 0 Å². The Morgan fingerprint density at radius 2 is 1.82 bits per heavy atom. The van der Waals surface area contributed by atoms with E-state index in [1.165, 1.54) is 0 Å². The highest BCUT2D eigenvalue weighted by Crippen LogP contribution is 2.35. The van der Waals surface area contributed by atoms with Gasteiger partial charge in [0.15, 0.2) is 0 Å². The third kappa shape index (κ3) is 1.59. The predicted octanol–water partition coefficient (Wildman–Crippen LogP) is 3.53. The summed E-state index contributed by atoms with van der Waals surface area (Å²) in [4.78, 5) is 0. The van der Waals surface area contributed by atoms with Crippen LogP contribution in [0, 0.1) is 13.8 Å². The number of aryl methyl sites for hydroxylation is 1. The van der Waals surface area contributed by atoms with Gasteiger partial charge in [-0.05, 0) is 47.0 Å². The Balaban J connectivity index is 3.46. The molecule has 3 heteroatoms. The van der Waals surface area contributed by atoms with Gasteiger partial charge in [0.1, 0.15) is 5.75 Å². The van der Waals surface area contributed by atoms with E-state index >= 15 is 0 Å². The van der Waals surface area contributed by atoms with Gasteiger partial charge in [-0.25, -0.2) is 0 Å². The van der Waals surface area contributed by atoms with Crippen LogP contribution in [0.5, 0.6) is 5.75 Å². The van der Waals surface area contributed by atoms with E-state index in [9.17, 15) is 5.11 Å². The molecule has 0 radical (unpaired) electrons. The van der Waals surface area contributed by atoms with Crippen molar-refractivity contribution >= 4 is 31.9 Å². The molecule has 0 spiro atoms. The summed E-state index contributed by atoms with van der Waals surface area (Å²) in [6, 6.07) is 1.90. The molecule has 0 bridgehead atoms. The van der Waals surface area contributed by atoms with E-state index in [4.69, 9.17) is 0 Å². The quantitative estimate of drug-likeness (QED) is 0.770. The average molecular weight is 280 g/mol. The van der Waals surface area contributed by atoms with Gasteiger partial charge in [0.2, 0.25) is 0 Å². The Bertz CT molecular complexity index is 268. The first-order valence-corrected chi connectivity index (χ1v) is 4.76. The molecule has 11 heavy (non-hydrogen) atoms. The lowest BCUT2D eigenvalue weighted by atomic mass is 10.1. The molecule has 0 saturated carbocycles. The van der Waals surface area contributed by atoms with Gasteiger partial charge in [0.05, 0.1) is 4.47 Å². The molecule has 0 aliphatic rings. The van der Waals surface area contributed by atoms with Gasteiger partial charge in [0, 0.05) is 4.47 Å². The van der Waals surface area contributed by atoms with Crippen molar-refractivity contribution in [2.75, 3.05) is 0 Å². The molecule has 1 aromatic rings. The van der Waals surface area contributed by atoms with Gasteiger partial charge in [-0.1, -0.05) is 15.9 Å². The van der Waals surface area contributed by atoms with E-state index in [0.29, 0.717) is 5.75 Å². The minimum Gasteiger partial charge on any atom is -0.506 e. The Labute approximate surface area is 82.7 Å². The van der Waals surface area contributed by atoms with Crippen molar-refractivity contribution in [3.63, 3.8) is 0 Å². The van der Waals surface area contributed by atoms with Gasteiger partial charge in [-0.15, -0.1) is 0 Å². The Morgan fingerprint density at radius 3 is 2.36 bits per heavy atom. The molecule has 60 valence electrons. The van der Waals surface area contributed by atoms with Crippen molar-refractivity contribution in [1.29, 1.82) is 0 Å². The molecule has 1 rings (SSSR count). The van der Waals surface area contributed by atoms with E-state index in [-0.39, 0.29) is 0 Å². The summed E-state index contributed by atoms with van der Waals surface area (Å²) >= 11 is 6.69. The third-order valence-corrected chi connectivity index (χ3v) is 3.41. The van der Waals surface area contributed by atoms with Gasteiger partial charge in [-0.3, -0.25) is 0 Å². The third-order valence-electron chi connectivity index (χ3n) is 1.61. The van der Waals surface area contributed by atoms with Crippen LogP contribution in [0.2, 0.25) is 0 Å². The number of phenols is 1. The monoisotopic (exact) mass is 278 g/mol. The van der Waals surface area contributed by atoms with Crippen molar-refractivity contribution in [2.45, 2.75) is 13.8 Å². The first kappa shape index (κ1) is 9.07. The zero-order chi connectivity index (χ0) is 8.59. The molecule has 0 aliphatic carbocycles. The second-order valence-corrected chi connectivity index (χ2v) is 4.11. The molecule has 0 atom stereocenters. The van der Waals surface area contributed by atoms with Crippen LogP contribution in [0.25, 0.3) is 0 Å². The van der Waals surface area contributed by atoms with Gasteiger partial charge in [0.25, 0.3) is 0 Å². The molecule has 0 amide bonds. The van der Waals surface area contributed by atoms with Crippen LogP contribution in [-0.4, -0.2) is 5.11 Å². The number of rotatable bonds is 0. The van der Waals surface area contributed by atoms with Crippen LogP contribution in [0.4, 0.5) is 0 Å². The highest BCUT2D eigenvalue weighted by molar-refractivity contribution is 9.11. The van der Waals surface area contributed by atoms with E-state index in [0.717, 1.165) is 20.1 Å². The fraction of sp³-hybridized carbons (Fsp3) is 0.250. The molecule has 0 unspecified atom stereocenters. The minimum absolute atomic E-state index is 0.325. The summed E-state index contributed by atoms with van der Waals surface area (Å²) in [5.41, 5.74) is 1.89. The number of benzene rings is 1. The van der Waals surface area contributed by atoms with Crippen LogP contribution in [0.15, 0.2) is 15.0 Å². The molecule has 0 saturated heterocycles. The number of aromatic hydroxyl groups is 1. The standard InChI is InChI=1S/C8H8Br2O/c1-4-3-6(9)5(2)7(10)8(4)11/h3,11H,1-2H3. The number of halogens is 2. The maximum absolute atomic E-state index is 9.44. The minimum atomic E-state index is 0.325. The van der Waals surface area contributed by atoms with Crippen molar-refractivity contribution < 1.29 is 5.11 Å². The number of hydrogen-bond donors (Lipinski definition) is 1. The fourth-order valence-electron chi connectivity index (χ4n) is 0.822.